The van der Waals surface area contributed by atoms with Gasteiger partial charge in [-0.3, -0.25) is 0 Å². The van der Waals surface area contributed by atoms with Gasteiger partial charge in [-0.25, -0.2) is 0 Å². The zero-order valence-corrected chi connectivity index (χ0v) is 7.63. The normalized spacial score (nSPS) is 26.2. The Balaban J connectivity index is 1.88. The molecule has 0 aliphatic carbocycles. The average molecular weight is 166 g/mol. The van der Waals surface area contributed by atoms with E-state index in [4.69, 9.17) is 0 Å². The van der Waals surface area contributed by atoms with Crippen molar-refractivity contribution in [2.45, 2.75) is 31.7 Å². The van der Waals surface area contributed by atoms with Gasteiger partial charge in [0.05, 0.1) is 0 Å². The third-order valence-electron chi connectivity index (χ3n) is 2.86. The maximum absolute atomic E-state index is 3.40. The standard InChI is InChI=1S/C10H18N2/c1-2-8-12(9-3-1)10-4-6-11-7-5-10/h2,8,10-11H,1,3-7,9H2. The predicted octanol–water partition coefficient (Wildman–Crippen LogP) is 1.35. The highest BCUT2D eigenvalue weighted by Crippen LogP contribution is 2.16. The van der Waals surface area contributed by atoms with Gasteiger partial charge >= 0.3 is 0 Å². The number of rotatable bonds is 1. The van der Waals surface area contributed by atoms with Crippen LogP contribution in [0.15, 0.2) is 12.3 Å². The molecule has 2 rings (SSSR count). The quantitative estimate of drug-likeness (QED) is 0.632. The molecule has 0 unspecified atom stereocenters. The Labute approximate surface area is 74.6 Å². The third kappa shape index (κ3) is 1.81. The van der Waals surface area contributed by atoms with E-state index in [1.54, 1.807) is 0 Å². The minimum atomic E-state index is 0.822. The van der Waals surface area contributed by atoms with Crippen molar-refractivity contribution < 1.29 is 0 Å². The molecule has 2 aliphatic rings. The number of piperidine rings is 1. The Bertz CT molecular complexity index is 159. The van der Waals surface area contributed by atoms with E-state index in [2.05, 4.69) is 22.5 Å². The lowest BCUT2D eigenvalue weighted by molar-refractivity contribution is 0.217. The molecule has 1 N–H and O–H groups in total. The van der Waals surface area contributed by atoms with Crippen LogP contribution in [0.1, 0.15) is 25.7 Å². The van der Waals surface area contributed by atoms with E-state index in [-0.39, 0.29) is 0 Å². The van der Waals surface area contributed by atoms with E-state index in [0.717, 1.165) is 6.04 Å². The topological polar surface area (TPSA) is 15.3 Å². The van der Waals surface area contributed by atoms with Gasteiger partial charge in [0.2, 0.25) is 0 Å². The average Bonchev–Trinajstić information content (AvgIpc) is 2.21. The van der Waals surface area contributed by atoms with E-state index in [9.17, 15) is 0 Å². The van der Waals surface area contributed by atoms with Crippen LogP contribution in [0.5, 0.6) is 0 Å². The van der Waals surface area contributed by atoms with E-state index >= 15 is 0 Å². The highest BCUT2D eigenvalue weighted by atomic mass is 15.2. The minimum Gasteiger partial charge on any atom is -0.375 e. The van der Waals surface area contributed by atoms with E-state index in [0.29, 0.717) is 0 Å². The van der Waals surface area contributed by atoms with Crippen molar-refractivity contribution in [2.75, 3.05) is 19.6 Å². The summed E-state index contributed by atoms with van der Waals surface area (Å²) in [4.78, 5) is 2.53. The zero-order valence-electron chi connectivity index (χ0n) is 7.63. The van der Waals surface area contributed by atoms with Gasteiger partial charge in [0.15, 0.2) is 0 Å². The monoisotopic (exact) mass is 166 g/mol. The van der Waals surface area contributed by atoms with Crippen molar-refractivity contribution in [1.82, 2.24) is 10.2 Å². The number of hydrogen-bond acceptors (Lipinski definition) is 2. The second-order valence-corrected chi connectivity index (χ2v) is 3.75. The highest BCUT2D eigenvalue weighted by Gasteiger charge is 2.18. The number of nitrogens with zero attached hydrogens (tertiary/aromatic N) is 1. The van der Waals surface area contributed by atoms with Gasteiger partial charge in [-0.15, -0.1) is 0 Å². The first-order valence-corrected chi connectivity index (χ1v) is 5.10. The lowest BCUT2D eigenvalue weighted by Gasteiger charge is -2.35. The fourth-order valence-corrected chi connectivity index (χ4v) is 2.12. The van der Waals surface area contributed by atoms with Crippen molar-refractivity contribution in [3.05, 3.63) is 12.3 Å². The molecule has 0 radical (unpaired) electrons. The Hall–Kier alpha value is -0.500. The molecule has 0 bridgehead atoms. The molecule has 0 atom stereocenters. The molecule has 68 valence electrons. The van der Waals surface area contributed by atoms with Crippen molar-refractivity contribution in [2.24, 2.45) is 0 Å². The van der Waals surface area contributed by atoms with Crippen LogP contribution in [-0.4, -0.2) is 30.6 Å². The van der Waals surface area contributed by atoms with Gasteiger partial charge in [0.25, 0.3) is 0 Å². The first-order valence-electron chi connectivity index (χ1n) is 5.10. The Morgan fingerprint density at radius 2 is 2.08 bits per heavy atom. The maximum Gasteiger partial charge on any atom is 0.0308 e. The van der Waals surface area contributed by atoms with Crippen molar-refractivity contribution in [3.8, 4) is 0 Å². The molecule has 1 fully saturated rings. The molecule has 0 aromatic heterocycles. The molecule has 0 amide bonds. The van der Waals surface area contributed by atoms with E-state index in [1.165, 1.54) is 45.3 Å². The fraction of sp³-hybridized carbons (Fsp3) is 0.800. The van der Waals surface area contributed by atoms with Crippen molar-refractivity contribution in [3.63, 3.8) is 0 Å². The molecule has 1 saturated heterocycles. The maximum atomic E-state index is 3.40. The lowest BCUT2D eigenvalue weighted by atomic mass is 10.0. The van der Waals surface area contributed by atoms with Crippen LogP contribution in [0.3, 0.4) is 0 Å². The minimum absolute atomic E-state index is 0.822. The molecule has 0 spiro atoms. The Morgan fingerprint density at radius 3 is 2.75 bits per heavy atom. The molecule has 2 heteroatoms. The number of hydrogen-bond donors (Lipinski definition) is 1. The summed E-state index contributed by atoms with van der Waals surface area (Å²) in [6.07, 6.45) is 9.89. The van der Waals surface area contributed by atoms with E-state index < -0.39 is 0 Å². The second kappa shape index (κ2) is 3.94. The van der Waals surface area contributed by atoms with Crippen LogP contribution >= 0.6 is 0 Å². The van der Waals surface area contributed by atoms with Gasteiger partial charge in [-0.05, 0) is 45.0 Å². The molecule has 2 nitrogen and oxygen atoms in total. The van der Waals surface area contributed by atoms with Gasteiger partial charge in [0, 0.05) is 12.6 Å². The largest absolute Gasteiger partial charge is 0.375 e. The number of nitrogens with one attached hydrogen (secondary N) is 1. The van der Waals surface area contributed by atoms with Crippen LogP contribution in [0, 0.1) is 0 Å². The van der Waals surface area contributed by atoms with Crippen molar-refractivity contribution >= 4 is 0 Å². The van der Waals surface area contributed by atoms with Crippen LogP contribution in [0.4, 0.5) is 0 Å². The first-order chi connectivity index (χ1) is 5.97. The Kier molecular flexibility index (Phi) is 2.67. The summed E-state index contributed by atoms with van der Waals surface area (Å²) in [5.74, 6) is 0. The van der Waals surface area contributed by atoms with Crippen LogP contribution in [0.2, 0.25) is 0 Å². The summed E-state index contributed by atoms with van der Waals surface area (Å²) >= 11 is 0. The molecule has 0 aromatic rings. The fourth-order valence-electron chi connectivity index (χ4n) is 2.12. The predicted molar refractivity (Wildman–Crippen MR) is 51.0 cm³/mol. The molecule has 2 aliphatic heterocycles. The van der Waals surface area contributed by atoms with Crippen LogP contribution in [-0.2, 0) is 0 Å². The van der Waals surface area contributed by atoms with Crippen molar-refractivity contribution in [1.29, 1.82) is 0 Å². The lowest BCUT2D eigenvalue weighted by Crippen LogP contribution is -2.41. The van der Waals surface area contributed by atoms with Gasteiger partial charge in [-0.2, -0.15) is 0 Å². The number of allylic oxidation sites excluding steroid dienone is 1. The molecule has 2 heterocycles. The van der Waals surface area contributed by atoms with Crippen LogP contribution in [0.25, 0.3) is 0 Å². The SMILES string of the molecule is C1=CN(C2CCNCC2)CCC1. The summed E-state index contributed by atoms with van der Waals surface area (Å²) in [6.45, 7) is 3.69. The summed E-state index contributed by atoms with van der Waals surface area (Å²) in [5, 5.41) is 3.40. The molecule has 0 saturated carbocycles. The molecular formula is C10H18N2. The molecule has 12 heavy (non-hydrogen) atoms. The smallest absolute Gasteiger partial charge is 0.0308 e. The van der Waals surface area contributed by atoms with Gasteiger partial charge in [0.1, 0.15) is 0 Å². The third-order valence-corrected chi connectivity index (χ3v) is 2.86. The van der Waals surface area contributed by atoms with Gasteiger partial charge in [-0.1, -0.05) is 6.08 Å². The molecule has 0 aromatic carbocycles. The summed E-state index contributed by atoms with van der Waals surface area (Å²) < 4.78 is 0. The summed E-state index contributed by atoms with van der Waals surface area (Å²) in [6, 6.07) is 0.822. The summed E-state index contributed by atoms with van der Waals surface area (Å²) in [5.41, 5.74) is 0. The summed E-state index contributed by atoms with van der Waals surface area (Å²) in [7, 11) is 0. The first kappa shape index (κ1) is 8.11. The van der Waals surface area contributed by atoms with E-state index in [1.807, 2.05) is 0 Å². The second-order valence-electron chi connectivity index (χ2n) is 3.75. The highest BCUT2D eigenvalue weighted by molar-refractivity contribution is 4.92. The molecular weight excluding hydrogens is 148 g/mol. The Morgan fingerprint density at radius 1 is 1.25 bits per heavy atom. The van der Waals surface area contributed by atoms with Crippen LogP contribution < -0.4 is 5.32 Å². The van der Waals surface area contributed by atoms with Gasteiger partial charge < -0.3 is 10.2 Å². The zero-order chi connectivity index (χ0) is 8.23.